The van der Waals surface area contributed by atoms with Crippen molar-refractivity contribution in [2.45, 2.75) is 39.5 Å². The van der Waals surface area contributed by atoms with Gasteiger partial charge in [-0.25, -0.2) is 0 Å². The third-order valence-electron chi connectivity index (χ3n) is 3.16. The van der Waals surface area contributed by atoms with Crippen LogP contribution in [0.2, 0.25) is 0 Å². The van der Waals surface area contributed by atoms with E-state index < -0.39 is 0 Å². The molecule has 2 N–H and O–H groups in total. The van der Waals surface area contributed by atoms with Crippen molar-refractivity contribution in [3.63, 3.8) is 0 Å². The van der Waals surface area contributed by atoms with Crippen LogP contribution in [0.25, 0.3) is 10.1 Å². The number of hydrogen-bond donors (Lipinski definition) is 1. The van der Waals surface area contributed by atoms with Gasteiger partial charge in [-0.15, -0.1) is 11.3 Å². The van der Waals surface area contributed by atoms with Crippen molar-refractivity contribution in [3.05, 3.63) is 29.3 Å². The van der Waals surface area contributed by atoms with Crippen LogP contribution in [0.15, 0.2) is 18.2 Å². The van der Waals surface area contributed by atoms with Gasteiger partial charge in [-0.05, 0) is 25.5 Å². The zero-order valence-corrected chi connectivity index (χ0v) is 11.8. The van der Waals surface area contributed by atoms with Gasteiger partial charge in [0.05, 0.1) is 10.6 Å². The van der Waals surface area contributed by atoms with E-state index in [9.17, 15) is 4.79 Å². The summed E-state index contributed by atoms with van der Waals surface area (Å²) in [4.78, 5) is 12.3. The lowest BCUT2D eigenvalue weighted by Crippen LogP contribution is -2.01. The minimum atomic E-state index is 0.192. The molecule has 0 unspecified atom stereocenters. The summed E-state index contributed by atoms with van der Waals surface area (Å²) in [5.41, 5.74) is 7.92. The number of anilines is 1. The Bertz CT molecular complexity index is 571. The Labute approximate surface area is 112 Å². The number of ketones is 1. The van der Waals surface area contributed by atoms with Crippen LogP contribution in [-0.2, 0) is 0 Å². The molecule has 2 aromatic rings. The predicted molar refractivity (Wildman–Crippen MR) is 79.4 cm³/mol. The van der Waals surface area contributed by atoms with Crippen LogP contribution < -0.4 is 5.73 Å². The summed E-state index contributed by atoms with van der Waals surface area (Å²) in [6, 6.07) is 6.17. The number of fused-ring (bicyclic) bond motifs is 1. The highest BCUT2D eigenvalue weighted by Gasteiger charge is 2.16. The summed E-state index contributed by atoms with van der Waals surface area (Å²) in [5, 5.41) is 1.69. The smallest absolute Gasteiger partial charge is 0.166 e. The van der Waals surface area contributed by atoms with Gasteiger partial charge in [0.2, 0.25) is 0 Å². The van der Waals surface area contributed by atoms with Crippen LogP contribution >= 0.6 is 11.3 Å². The summed E-state index contributed by atoms with van der Waals surface area (Å²) >= 11 is 1.51. The first-order valence-corrected chi connectivity index (χ1v) is 7.27. The first-order chi connectivity index (χ1) is 8.63. The molecule has 96 valence electrons. The molecule has 0 saturated heterocycles. The Morgan fingerprint density at radius 1 is 1.33 bits per heavy atom. The minimum absolute atomic E-state index is 0.192. The number of aryl methyl sites for hydroxylation is 1. The molecule has 18 heavy (non-hydrogen) atoms. The maximum Gasteiger partial charge on any atom is 0.166 e. The van der Waals surface area contributed by atoms with E-state index in [1.165, 1.54) is 16.9 Å². The number of nitrogens with two attached hydrogens (primary N) is 1. The summed E-state index contributed by atoms with van der Waals surface area (Å²) in [7, 11) is 0. The summed E-state index contributed by atoms with van der Waals surface area (Å²) in [6.45, 7) is 4.18. The highest BCUT2D eigenvalue weighted by Crippen LogP contribution is 2.35. The fourth-order valence-electron chi connectivity index (χ4n) is 2.18. The van der Waals surface area contributed by atoms with Gasteiger partial charge >= 0.3 is 0 Å². The third kappa shape index (κ3) is 2.56. The molecular formula is C15H19NOS. The predicted octanol–water partition coefficient (Wildman–Crippen LogP) is 4.55. The van der Waals surface area contributed by atoms with Crippen LogP contribution in [-0.4, -0.2) is 5.78 Å². The molecule has 0 aliphatic heterocycles. The van der Waals surface area contributed by atoms with Crippen LogP contribution in [0.3, 0.4) is 0 Å². The number of unbranched alkanes of at least 4 members (excludes halogenated alkanes) is 2. The maximum absolute atomic E-state index is 12.3. The third-order valence-corrected chi connectivity index (χ3v) is 4.16. The van der Waals surface area contributed by atoms with Gasteiger partial charge in [-0.2, -0.15) is 0 Å². The molecule has 0 aliphatic rings. The average Bonchev–Trinajstić information content (AvgIpc) is 2.64. The Kier molecular flexibility index (Phi) is 4.02. The van der Waals surface area contributed by atoms with Gasteiger partial charge in [-0.3, -0.25) is 4.79 Å². The van der Waals surface area contributed by atoms with Crippen LogP contribution in [0.5, 0.6) is 0 Å². The summed E-state index contributed by atoms with van der Waals surface area (Å²) < 4.78 is 1.11. The summed E-state index contributed by atoms with van der Waals surface area (Å²) in [6.07, 6.45) is 3.80. The number of benzene rings is 1. The molecule has 0 bridgehead atoms. The highest BCUT2D eigenvalue weighted by atomic mass is 32.1. The molecule has 3 heteroatoms. The van der Waals surface area contributed by atoms with Crippen LogP contribution in [0.1, 0.15) is 48.5 Å². The van der Waals surface area contributed by atoms with Gasteiger partial charge in [0, 0.05) is 16.5 Å². The zero-order chi connectivity index (χ0) is 13.1. The lowest BCUT2D eigenvalue weighted by molar-refractivity contribution is 0.0982. The Hall–Kier alpha value is -1.35. The van der Waals surface area contributed by atoms with E-state index in [4.69, 9.17) is 5.73 Å². The monoisotopic (exact) mass is 261 g/mol. The van der Waals surface area contributed by atoms with Crippen LogP contribution in [0, 0.1) is 6.92 Å². The first kappa shape index (κ1) is 13.1. The molecule has 0 fully saturated rings. The second-order valence-electron chi connectivity index (χ2n) is 4.72. The van der Waals surface area contributed by atoms with E-state index in [1.54, 1.807) is 0 Å². The molecule has 2 nitrogen and oxygen atoms in total. The van der Waals surface area contributed by atoms with E-state index in [-0.39, 0.29) is 5.78 Å². The van der Waals surface area contributed by atoms with E-state index in [0.717, 1.165) is 34.9 Å². The van der Waals surface area contributed by atoms with Gasteiger partial charge in [0.25, 0.3) is 0 Å². The van der Waals surface area contributed by atoms with Crippen molar-refractivity contribution in [2.24, 2.45) is 0 Å². The number of nitrogen functional groups attached to an aromatic ring is 1. The molecule has 1 heterocycles. The number of thiophene rings is 1. The lowest BCUT2D eigenvalue weighted by atomic mass is 10.0. The second kappa shape index (κ2) is 5.53. The maximum atomic E-state index is 12.3. The van der Waals surface area contributed by atoms with Gasteiger partial charge in [0.15, 0.2) is 5.78 Å². The fourth-order valence-corrected chi connectivity index (χ4v) is 3.15. The Morgan fingerprint density at radius 3 is 2.83 bits per heavy atom. The van der Waals surface area contributed by atoms with Gasteiger partial charge in [0.1, 0.15) is 0 Å². The van der Waals surface area contributed by atoms with E-state index in [0.29, 0.717) is 11.4 Å². The van der Waals surface area contributed by atoms with Gasteiger partial charge in [-0.1, -0.05) is 31.4 Å². The van der Waals surface area contributed by atoms with E-state index in [2.05, 4.69) is 25.1 Å². The Balaban J connectivity index is 2.34. The molecule has 0 amide bonds. The molecule has 1 aromatic heterocycles. The molecule has 0 atom stereocenters. The normalized spacial score (nSPS) is 11.0. The van der Waals surface area contributed by atoms with Crippen molar-refractivity contribution in [1.82, 2.24) is 0 Å². The van der Waals surface area contributed by atoms with Crippen molar-refractivity contribution in [1.29, 1.82) is 0 Å². The average molecular weight is 261 g/mol. The highest BCUT2D eigenvalue weighted by molar-refractivity contribution is 7.23. The zero-order valence-electron chi connectivity index (χ0n) is 11.0. The van der Waals surface area contributed by atoms with Gasteiger partial charge < -0.3 is 5.73 Å². The number of rotatable bonds is 5. The number of hydrogen-bond acceptors (Lipinski definition) is 3. The molecule has 0 radical (unpaired) electrons. The fraction of sp³-hybridized carbons (Fsp3) is 0.400. The number of carbonyl (C=O) groups is 1. The molecule has 0 aliphatic carbocycles. The standard InChI is InChI=1S/C15H19NOS/c1-3-4-5-6-12(17)14-11-9-10(2)7-8-13(11)18-15(14)16/h7-9H,3-6,16H2,1-2H3. The first-order valence-electron chi connectivity index (χ1n) is 6.45. The lowest BCUT2D eigenvalue weighted by Gasteiger charge is -2.01. The largest absolute Gasteiger partial charge is 0.390 e. The summed E-state index contributed by atoms with van der Waals surface area (Å²) in [5.74, 6) is 0.192. The van der Waals surface area contributed by atoms with Crippen molar-refractivity contribution in [3.8, 4) is 0 Å². The van der Waals surface area contributed by atoms with Crippen LogP contribution in [0.4, 0.5) is 5.00 Å². The number of carbonyl (C=O) groups excluding carboxylic acids is 1. The molecule has 1 aromatic carbocycles. The SMILES string of the molecule is CCCCCC(=O)c1c(N)sc2ccc(C)cc12. The van der Waals surface area contributed by atoms with Crippen molar-refractivity contribution >= 4 is 32.2 Å². The molecule has 0 saturated carbocycles. The van der Waals surface area contributed by atoms with E-state index in [1.807, 2.05) is 6.92 Å². The second-order valence-corrected chi connectivity index (χ2v) is 5.80. The number of Topliss-reactive ketones (excluding diaryl/α,β-unsaturated/α-hetero) is 1. The quantitative estimate of drug-likeness (QED) is 0.633. The molecule has 0 spiro atoms. The van der Waals surface area contributed by atoms with Crippen molar-refractivity contribution < 1.29 is 4.79 Å². The molecule has 2 rings (SSSR count). The molecular weight excluding hydrogens is 242 g/mol. The topological polar surface area (TPSA) is 43.1 Å². The van der Waals surface area contributed by atoms with E-state index >= 15 is 0 Å². The Morgan fingerprint density at radius 2 is 2.11 bits per heavy atom. The minimum Gasteiger partial charge on any atom is -0.390 e. The van der Waals surface area contributed by atoms with Crippen molar-refractivity contribution in [2.75, 3.05) is 5.73 Å².